The van der Waals surface area contributed by atoms with Crippen LogP contribution in [0.3, 0.4) is 0 Å². The molecule has 0 bridgehead atoms. The number of alkyl halides is 1. The highest BCUT2D eigenvalue weighted by Gasteiger charge is 2.01. The van der Waals surface area contributed by atoms with Crippen LogP contribution in [-0.4, -0.2) is 11.2 Å². The Labute approximate surface area is 83.2 Å². The Morgan fingerprint density at radius 3 is 2.77 bits per heavy atom. The van der Waals surface area contributed by atoms with Crippen LogP contribution in [0.5, 0.6) is 0 Å². The first-order valence-corrected chi connectivity index (χ1v) is 4.66. The van der Waals surface area contributed by atoms with Crippen LogP contribution >= 0.6 is 15.9 Å². The Balaban J connectivity index is 2.83. The summed E-state index contributed by atoms with van der Waals surface area (Å²) in [6.45, 7) is 0. The second-order valence-corrected chi connectivity index (χ2v) is 3.02. The van der Waals surface area contributed by atoms with E-state index in [9.17, 15) is 9.18 Å². The summed E-state index contributed by atoms with van der Waals surface area (Å²) >= 11 is 2.97. The predicted molar refractivity (Wildman–Crippen MR) is 53.2 cm³/mol. The van der Waals surface area contributed by atoms with Crippen molar-refractivity contribution in [2.45, 2.75) is 0 Å². The van der Waals surface area contributed by atoms with Gasteiger partial charge in [0.1, 0.15) is 5.82 Å². The minimum absolute atomic E-state index is 0.170. The predicted octanol–water partition coefficient (Wildman–Crippen LogP) is 1.74. The Morgan fingerprint density at radius 1 is 1.54 bits per heavy atom. The molecule has 0 saturated carbocycles. The molecule has 0 radical (unpaired) electrons. The van der Waals surface area contributed by atoms with Gasteiger partial charge in [0.15, 0.2) is 0 Å². The fraction of sp³-hybridized carbons (Fsp3) is 0.125. The highest BCUT2D eigenvalue weighted by Crippen LogP contribution is 2.15. The van der Waals surface area contributed by atoms with Gasteiger partial charge in [-0.15, -0.1) is 0 Å². The van der Waals surface area contributed by atoms with Crippen LogP contribution < -0.4 is 11.1 Å². The van der Waals surface area contributed by atoms with Gasteiger partial charge >= 0.3 is 0 Å². The number of amides is 1. The summed E-state index contributed by atoms with van der Waals surface area (Å²) < 4.78 is 12.7. The van der Waals surface area contributed by atoms with Crippen molar-refractivity contribution in [3.8, 4) is 0 Å². The maximum absolute atomic E-state index is 12.7. The van der Waals surface area contributed by atoms with Crippen molar-refractivity contribution in [1.82, 2.24) is 0 Å². The number of rotatable bonds is 2. The fourth-order valence-corrected chi connectivity index (χ4v) is 1.02. The van der Waals surface area contributed by atoms with E-state index in [1.807, 2.05) is 0 Å². The second-order valence-electron chi connectivity index (χ2n) is 2.46. The topological polar surface area (TPSA) is 55.1 Å². The van der Waals surface area contributed by atoms with Gasteiger partial charge in [-0.25, -0.2) is 4.39 Å². The monoisotopic (exact) mass is 246 g/mol. The van der Waals surface area contributed by atoms with Crippen LogP contribution in [0.1, 0.15) is 0 Å². The Hall–Kier alpha value is -1.10. The Kier molecular flexibility index (Phi) is 3.25. The highest BCUT2D eigenvalue weighted by atomic mass is 79.9. The van der Waals surface area contributed by atoms with Crippen molar-refractivity contribution in [2.24, 2.45) is 0 Å². The van der Waals surface area contributed by atoms with Crippen molar-refractivity contribution in [3.63, 3.8) is 0 Å². The lowest BCUT2D eigenvalue weighted by Crippen LogP contribution is -2.12. The average Bonchev–Trinajstić information content (AvgIpc) is 2.02. The molecule has 1 aromatic rings. The number of benzene rings is 1. The summed E-state index contributed by atoms with van der Waals surface area (Å²) in [6.07, 6.45) is 0. The van der Waals surface area contributed by atoms with E-state index in [0.717, 1.165) is 0 Å². The quantitative estimate of drug-likeness (QED) is 0.617. The van der Waals surface area contributed by atoms with Gasteiger partial charge in [-0.3, -0.25) is 4.79 Å². The molecule has 13 heavy (non-hydrogen) atoms. The number of nitrogens with one attached hydrogen (secondary N) is 1. The molecule has 1 amide bonds. The van der Waals surface area contributed by atoms with Crippen LogP contribution in [0.15, 0.2) is 18.2 Å². The SMILES string of the molecule is Nc1cc(F)cc(NC(=O)CBr)c1. The molecule has 0 heterocycles. The van der Waals surface area contributed by atoms with Crippen LogP contribution in [0.25, 0.3) is 0 Å². The normalized spacial score (nSPS) is 9.69. The van der Waals surface area contributed by atoms with Gasteiger partial charge in [-0.1, -0.05) is 15.9 Å². The molecule has 70 valence electrons. The highest BCUT2D eigenvalue weighted by molar-refractivity contribution is 9.09. The minimum Gasteiger partial charge on any atom is -0.399 e. The number of hydrogen-bond acceptors (Lipinski definition) is 2. The molecule has 1 aromatic carbocycles. The molecule has 5 heteroatoms. The molecule has 0 aromatic heterocycles. The molecule has 0 fully saturated rings. The van der Waals surface area contributed by atoms with Crippen LogP contribution in [-0.2, 0) is 4.79 Å². The van der Waals surface area contributed by atoms with Gasteiger partial charge in [0.2, 0.25) is 5.91 Å². The average molecular weight is 247 g/mol. The summed E-state index contributed by atoms with van der Waals surface area (Å²) in [5, 5.41) is 2.64. The smallest absolute Gasteiger partial charge is 0.235 e. The van der Waals surface area contributed by atoms with Crippen molar-refractivity contribution >= 4 is 33.2 Å². The van der Waals surface area contributed by atoms with Gasteiger partial charge in [-0.05, 0) is 18.2 Å². The maximum atomic E-state index is 12.7. The second kappa shape index (κ2) is 4.23. The number of carbonyl (C=O) groups excluding carboxylic acids is 1. The molecule has 0 aliphatic heterocycles. The first kappa shape index (κ1) is 9.98. The summed E-state index contributed by atoms with van der Waals surface area (Å²) in [7, 11) is 0. The zero-order valence-electron chi connectivity index (χ0n) is 6.68. The Bertz CT molecular complexity index is 310. The van der Waals surface area contributed by atoms with Crippen molar-refractivity contribution < 1.29 is 9.18 Å². The van der Waals surface area contributed by atoms with Crippen molar-refractivity contribution in [2.75, 3.05) is 16.4 Å². The molecule has 0 spiro atoms. The first-order valence-electron chi connectivity index (χ1n) is 3.53. The third-order valence-electron chi connectivity index (χ3n) is 1.33. The van der Waals surface area contributed by atoms with Gasteiger partial charge in [0, 0.05) is 11.4 Å². The molecule has 0 aliphatic carbocycles. The number of anilines is 2. The number of nitrogens with two attached hydrogens (primary N) is 1. The van der Waals surface area contributed by atoms with E-state index in [1.165, 1.54) is 18.2 Å². The lowest BCUT2D eigenvalue weighted by Gasteiger charge is -2.03. The number of nitrogen functional groups attached to an aromatic ring is 1. The maximum Gasteiger partial charge on any atom is 0.235 e. The third kappa shape index (κ3) is 3.02. The summed E-state index contributed by atoms with van der Waals surface area (Å²) in [6, 6.07) is 3.88. The standard InChI is InChI=1S/C8H8BrFN2O/c9-4-8(13)12-7-2-5(10)1-6(11)3-7/h1-3H,4,11H2,(H,12,13). The minimum atomic E-state index is -0.468. The van der Waals surface area contributed by atoms with E-state index in [1.54, 1.807) is 0 Å². The van der Waals surface area contributed by atoms with Gasteiger partial charge < -0.3 is 11.1 Å². The van der Waals surface area contributed by atoms with Crippen LogP contribution in [0.4, 0.5) is 15.8 Å². The van der Waals surface area contributed by atoms with E-state index >= 15 is 0 Å². The van der Waals surface area contributed by atoms with Gasteiger partial charge in [0.05, 0.1) is 5.33 Å². The van der Waals surface area contributed by atoms with Crippen molar-refractivity contribution in [1.29, 1.82) is 0 Å². The molecular formula is C8H8BrFN2O. The van der Waals surface area contributed by atoms with E-state index in [0.29, 0.717) is 5.69 Å². The van der Waals surface area contributed by atoms with E-state index in [4.69, 9.17) is 5.73 Å². The van der Waals surface area contributed by atoms with E-state index < -0.39 is 5.82 Å². The van der Waals surface area contributed by atoms with E-state index in [-0.39, 0.29) is 16.9 Å². The van der Waals surface area contributed by atoms with Crippen molar-refractivity contribution in [3.05, 3.63) is 24.0 Å². The third-order valence-corrected chi connectivity index (χ3v) is 1.83. The number of carbonyl (C=O) groups is 1. The van der Waals surface area contributed by atoms with Crippen LogP contribution in [0.2, 0.25) is 0 Å². The molecule has 0 aliphatic rings. The summed E-state index contributed by atoms with van der Waals surface area (Å²) in [5.74, 6) is -0.713. The molecule has 0 atom stereocenters. The van der Waals surface area contributed by atoms with Gasteiger partial charge in [0.25, 0.3) is 0 Å². The molecule has 3 nitrogen and oxygen atoms in total. The number of hydrogen-bond donors (Lipinski definition) is 2. The molecule has 0 saturated heterocycles. The molecule has 3 N–H and O–H groups in total. The summed E-state index contributed by atoms with van der Waals surface area (Å²) in [5.41, 5.74) is 6.02. The lowest BCUT2D eigenvalue weighted by molar-refractivity contribution is -0.113. The lowest BCUT2D eigenvalue weighted by atomic mass is 10.2. The molecule has 0 unspecified atom stereocenters. The van der Waals surface area contributed by atoms with E-state index in [2.05, 4.69) is 21.2 Å². The number of halogens is 2. The van der Waals surface area contributed by atoms with Gasteiger partial charge in [-0.2, -0.15) is 0 Å². The van der Waals surface area contributed by atoms with Crippen LogP contribution in [0, 0.1) is 5.82 Å². The fourth-order valence-electron chi connectivity index (χ4n) is 0.879. The molecular weight excluding hydrogens is 239 g/mol. The summed E-state index contributed by atoms with van der Waals surface area (Å²) in [4.78, 5) is 10.9. The molecule has 1 rings (SSSR count). The first-order chi connectivity index (χ1) is 6.11. The largest absolute Gasteiger partial charge is 0.399 e. The Morgan fingerprint density at radius 2 is 2.23 bits per heavy atom. The zero-order valence-corrected chi connectivity index (χ0v) is 8.27. The zero-order chi connectivity index (χ0) is 9.84.